The van der Waals surface area contributed by atoms with Gasteiger partial charge in [0, 0.05) is 10.7 Å². The standard InChI is InChI=1S/C20H21ClN2O3/c1-2-26-18(24)12-14-6-8-17(9-7-14)22-19(25)23-20(10-11-20)15-4-3-5-16(21)13-15/h3-9,13H,2,10-12H2,1H3,(H2,22,23,25). The van der Waals surface area contributed by atoms with E-state index in [1.54, 1.807) is 31.2 Å². The van der Waals surface area contributed by atoms with Gasteiger partial charge in [-0.2, -0.15) is 0 Å². The van der Waals surface area contributed by atoms with Gasteiger partial charge >= 0.3 is 12.0 Å². The molecule has 136 valence electrons. The van der Waals surface area contributed by atoms with Crippen molar-refractivity contribution in [3.63, 3.8) is 0 Å². The Labute approximate surface area is 157 Å². The van der Waals surface area contributed by atoms with E-state index in [1.807, 2.05) is 24.3 Å². The van der Waals surface area contributed by atoms with E-state index < -0.39 is 0 Å². The summed E-state index contributed by atoms with van der Waals surface area (Å²) in [5.41, 5.74) is 2.19. The Morgan fingerprint density at radius 3 is 2.50 bits per heavy atom. The smallest absolute Gasteiger partial charge is 0.319 e. The van der Waals surface area contributed by atoms with Crippen molar-refractivity contribution in [3.8, 4) is 0 Å². The number of hydrogen-bond donors (Lipinski definition) is 2. The lowest BCUT2D eigenvalue weighted by molar-refractivity contribution is -0.142. The summed E-state index contributed by atoms with van der Waals surface area (Å²) in [6, 6.07) is 14.5. The van der Waals surface area contributed by atoms with Gasteiger partial charge in [0.2, 0.25) is 0 Å². The molecular formula is C20H21ClN2O3. The molecule has 1 fully saturated rings. The lowest BCUT2D eigenvalue weighted by Crippen LogP contribution is -2.38. The van der Waals surface area contributed by atoms with Gasteiger partial charge < -0.3 is 15.4 Å². The second-order valence-corrected chi connectivity index (χ2v) is 6.79. The second kappa shape index (κ2) is 7.79. The van der Waals surface area contributed by atoms with Crippen LogP contribution in [0.4, 0.5) is 10.5 Å². The fraction of sp³-hybridized carbons (Fsp3) is 0.300. The molecule has 2 N–H and O–H groups in total. The van der Waals surface area contributed by atoms with Crippen molar-refractivity contribution in [2.75, 3.05) is 11.9 Å². The van der Waals surface area contributed by atoms with Crippen LogP contribution in [0.2, 0.25) is 5.02 Å². The van der Waals surface area contributed by atoms with Crippen molar-refractivity contribution >= 4 is 29.3 Å². The molecule has 0 radical (unpaired) electrons. The number of halogens is 1. The van der Waals surface area contributed by atoms with E-state index in [0.717, 1.165) is 24.0 Å². The SMILES string of the molecule is CCOC(=O)Cc1ccc(NC(=O)NC2(c3cccc(Cl)c3)CC2)cc1. The number of benzene rings is 2. The number of rotatable bonds is 6. The van der Waals surface area contributed by atoms with Crippen molar-refractivity contribution < 1.29 is 14.3 Å². The third kappa shape index (κ3) is 4.55. The number of carbonyl (C=O) groups excluding carboxylic acids is 2. The molecule has 0 saturated heterocycles. The molecule has 1 aliphatic rings. The number of amides is 2. The summed E-state index contributed by atoms with van der Waals surface area (Å²) >= 11 is 6.05. The molecule has 0 bridgehead atoms. The Morgan fingerprint density at radius 2 is 1.88 bits per heavy atom. The minimum Gasteiger partial charge on any atom is -0.466 e. The largest absolute Gasteiger partial charge is 0.466 e. The maximum atomic E-state index is 12.3. The molecule has 0 aromatic heterocycles. The van der Waals surface area contributed by atoms with E-state index >= 15 is 0 Å². The topological polar surface area (TPSA) is 67.4 Å². The van der Waals surface area contributed by atoms with Gasteiger partial charge in [-0.25, -0.2) is 4.79 Å². The predicted octanol–water partition coefficient (Wildman–Crippen LogP) is 4.26. The van der Waals surface area contributed by atoms with Crippen LogP contribution in [0.3, 0.4) is 0 Å². The lowest BCUT2D eigenvalue weighted by Gasteiger charge is -2.19. The fourth-order valence-corrected chi connectivity index (χ4v) is 3.05. The molecule has 1 aliphatic carbocycles. The van der Waals surface area contributed by atoms with E-state index in [-0.39, 0.29) is 24.0 Å². The average molecular weight is 373 g/mol. The Kier molecular flexibility index (Phi) is 5.47. The van der Waals surface area contributed by atoms with Crippen LogP contribution >= 0.6 is 11.6 Å². The summed E-state index contributed by atoms with van der Waals surface area (Å²) in [5.74, 6) is -0.261. The summed E-state index contributed by atoms with van der Waals surface area (Å²) in [7, 11) is 0. The highest BCUT2D eigenvalue weighted by atomic mass is 35.5. The van der Waals surface area contributed by atoms with Crippen molar-refractivity contribution in [1.82, 2.24) is 5.32 Å². The molecular weight excluding hydrogens is 352 g/mol. The van der Waals surface area contributed by atoms with Crippen LogP contribution in [0.1, 0.15) is 30.9 Å². The Hall–Kier alpha value is -2.53. The zero-order chi connectivity index (χ0) is 18.6. The number of hydrogen-bond acceptors (Lipinski definition) is 3. The maximum Gasteiger partial charge on any atom is 0.319 e. The molecule has 0 heterocycles. The molecule has 2 aromatic rings. The van der Waals surface area contributed by atoms with Crippen LogP contribution in [0.5, 0.6) is 0 Å². The first kappa shape index (κ1) is 18.3. The van der Waals surface area contributed by atoms with E-state index in [4.69, 9.17) is 16.3 Å². The minimum atomic E-state index is -0.334. The summed E-state index contributed by atoms with van der Waals surface area (Å²) in [4.78, 5) is 23.8. The van der Waals surface area contributed by atoms with E-state index in [0.29, 0.717) is 17.3 Å². The highest BCUT2D eigenvalue weighted by molar-refractivity contribution is 6.30. The van der Waals surface area contributed by atoms with Gasteiger partial charge in [-0.15, -0.1) is 0 Å². The number of nitrogens with one attached hydrogen (secondary N) is 2. The van der Waals surface area contributed by atoms with Crippen LogP contribution in [0, 0.1) is 0 Å². The highest BCUT2D eigenvalue weighted by Crippen LogP contribution is 2.46. The molecule has 26 heavy (non-hydrogen) atoms. The summed E-state index contributed by atoms with van der Waals surface area (Å²) in [6.07, 6.45) is 2.00. The van der Waals surface area contributed by atoms with Crippen molar-refractivity contribution in [2.24, 2.45) is 0 Å². The van der Waals surface area contributed by atoms with Crippen LogP contribution in [0.25, 0.3) is 0 Å². The van der Waals surface area contributed by atoms with Gasteiger partial charge in [0.15, 0.2) is 0 Å². The molecule has 3 rings (SSSR count). The van der Waals surface area contributed by atoms with Crippen LogP contribution in [-0.4, -0.2) is 18.6 Å². The number of carbonyl (C=O) groups is 2. The number of urea groups is 1. The normalized spacial score (nSPS) is 14.4. The van der Waals surface area contributed by atoms with Crippen LogP contribution in [0.15, 0.2) is 48.5 Å². The first-order valence-electron chi connectivity index (χ1n) is 8.60. The van der Waals surface area contributed by atoms with Gasteiger partial charge in [0.1, 0.15) is 0 Å². The summed E-state index contributed by atoms with van der Waals surface area (Å²) in [6.45, 7) is 2.15. The lowest BCUT2D eigenvalue weighted by atomic mass is 10.1. The quantitative estimate of drug-likeness (QED) is 0.744. The predicted molar refractivity (Wildman–Crippen MR) is 101 cm³/mol. The van der Waals surface area contributed by atoms with E-state index in [1.165, 1.54) is 0 Å². The zero-order valence-corrected chi connectivity index (χ0v) is 15.3. The highest BCUT2D eigenvalue weighted by Gasteiger charge is 2.45. The zero-order valence-electron chi connectivity index (χ0n) is 14.5. The third-order valence-corrected chi connectivity index (χ3v) is 4.58. The molecule has 0 unspecified atom stereocenters. The minimum absolute atomic E-state index is 0.220. The van der Waals surface area contributed by atoms with Crippen molar-refractivity contribution in [3.05, 3.63) is 64.7 Å². The summed E-state index contributed by atoms with van der Waals surface area (Å²) < 4.78 is 4.92. The molecule has 6 heteroatoms. The second-order valence-electron chi connectivity index (χ2n) is 6.35. The van der Waals surface area contributed by atoms with E-state index in [9.17, 15) is 9.59 Å². The van der Waals surface area contributed by atoms with Gasteiger partial charge in [0.05, 0.1) is 18.6 Å². The maximum absolute atomic E-state index is 12.3. The Bertz CT molecular complexity index is 801. The summed E-state index contributed by atoms with van der Waals surface area (Å²) in [5, 5.41) is 6.53. The molecule has 0 aliphatic heterocycles. The van der Waals surface area contributed by atoms with Crippen LogP contribution in [-0.2, 0) is 21.5 Å². The first-order chi connectivity index (χ1) is 12.5. The van der Waals surface area contributed by atoms with Crippen molar-refractivity contribution in [1.29, 1.82) is 0 Å². The van der Waals surface area contributed by atoms with E-state index in [2.05, 4.69) is 10.6 Å². The molecule has 2 aromatic carbocycles. The fourth-order valence-electron chi connectivity index (χ4n) is 2.86. The molecule has 0 spiro atoms. The van der Waals surface area contributed by atoms with Gasteiger partial charge in [-0.05, 0) is 55.2 Å². The number of anilines is 1. The van der Waals surface area contributed by atoms with Gasteiger partial charge in [0.25, 0.3) is 0 Å². The van der Waals surface area contributed by atoms with Gasteiger partial charge in [-0.3, -0.25) is 4.79 Å². The molecule has 0 atom stereocenters. The number of esters is 1. The Balaban J connectivity index is 1.57. The monoisotopic (exact) mass is 372 g/mol. The average Bonchev–Trinajstić information content (AvgIpc) is 3.37. The number of ether oxygens (including phenoxy) is 1. The Morgan fingerprint density at radius 1 is 1.15 bits per heavy atom. The molecule has 1 saturated carbocycles. The molecule has 5 nitrogen and oxygen atoms in total. The first-order valence-corrected chi connectivity index (χ1v) is 8.98. The van der Waals surface area contributed by atoms with Crippen molar-refractivity contribution in [2.45, 2.75) is 31.7 Å². The van der Waals surface area contributed by atoms with Gasteiger partial charge in [-0.1, -0.05) is 35.9 Å². The van der Waals surface area contributed by atoms with Crippen LogP contribution < -0.4 is 10.6 Å². The third-order valence-electron chi connectivity index (χ3n) is 4.35. The molecule has 2 amide bonds.